The molecular weight excluding hydrogens is 331 g/mol. The minimum absolute atomic E-state index is 0.0987. The quantitative estimate of drug-likeness (QED) is 0.254. The van der Waals surface area contributed by atoms with E-state index in [1.54, 1.807) is 11.8 Å². The third kappa shape index (κ3) is 10.9. The van der Waals surface area contributed by atoms with Crippen LogP contribution >= 0.6 is 46.6 Å². The molecule has 0 fully saturated rings. The Hall–Kier alpha value is 1.22. The van der Waals surface area contributed by atoms with Crippen molar-refractivity contribution >= 4 is 46.6 Å². The molecule has 0 rings (SSSR count). The van der Waals surface area contributed by atoms with Crippen LogP contribution in [-0.2, 0) is 0 Å². The third-order valence-electron chi connectivity index (χ3n) is 3.86. The number of thioether (sulfide) groups is 1. The monoisotopic (exact) mass is 360 g/mol. The lowest BCUT2D eigenvalue weighted by Gasteiger charge is -2.28. The minimum atomic E-state index is -1.14. The third-order valence-corrected chi connectivity index (χ3v) is 6.28. The average molecular weight is 362 g/mol. The predicted octanol–water partition coefficient (Wildman–Crippen LogP) is 7.65. The van der Waals surface area contributed by atoms with Gasteiger partial charge in [-0.15, -0.1) is 0 Å². The van der Waals surface area contributed by atoms with Crippen molar-refractivity contribution in [2.45, 2.75) is 87.1 Å². The van der Waals surface area contributed by atoms with Crippen LogP contribution in [0.1, 0.15) is 78.1 Å². The largest absolute Gasteiger partial charge is 0.202 e. The normalized spacial score (nSPS) is 15.3. The van der Waals surface area contributed by atoms with Crippen LogP contribution in [0.25, 0.3) is 0 Å². The number of unbranched alkanes of at least 4 members (excludes halogenated alkanes) is 8. The summed E-state index contributed by atoms with van der Waals surface area (Å²) in [5.41, 5.74) is 0. The first-order chi connectivity index (χ1) is 9.43. The molecule has 0 amide bonds. The number of hydrogen-bond donors (Lipinski definition) is 0. The van der Waals surface area contributed by atoms with Crippen molar-refractivity contribution in [2.24, 2.45) is 5.92 Å². The van der Waals surface area contributed by atoms with Gasteiger partial charge in [-0.2, -0.15) is 11.8 Å². The van der Waals surface area contributed by atoms with Gasteiger partial charge in [0, 0.05) is 0 Å². The van der Waals surface area contributed by atoms with E-state index < -0.39 is 3.79 Å². The van der Waals surface area contributed by atoms with Crippen LogP contribution in [0.15, 0.2) is 0 Å². The average Bonchev–Trinajstić information content (AvgIpc) is 2.36. The van der Waals surface area contributed by atoms with Gasteiger partial charge in [-0.25, -0.2) is 0 Å². The predicted molar refractivity (Wildman–Crippen MR) is 98.6 cm³/mol. The zero-order valence-corrected chi connectivity index (χ0v) is 16.4. The van der Waals surface area contributed by atoms with Gasteiger partial charge in [-0.05, 0) is 18.6 Å². The zero-order chi connectivity index (χ0) is 15.4. The SMILES string of the molecule is CCCCCCCCCCCC(C)C(SC)C(Cl)(Cl)Cl. The summed E-state index contributed by atoms with van der Waals surface area (Å²) in [5, 5.41) is 0.0987. The highest BCUT2D eigenvalue weighted by Crippen LogP contribution is 2.42. The zero-order valence-electron chi connectivity index (χ0n) is 13.3. The lowest BCUT2D eigenvalue weighted by molar-refractivity contribution is 0.467. The van der Waals surface area contributed by atoms with Gasteiger partial charge in [-0.1, -0.05) is 106 Å². The number of rotatable bonds is 12. The van der Waals surface area contributed by atoms with E-state index in [1.807, 2.05) is 6.26 Å². The van der Waals surface area contributed by atoms with Gasteiger partial charge in [0.05, 0.1) is 5.25 Å². The van der Waals surface area contributed by atoms with Crippen LogP contribution < -0.4 is 0 Å². The molecule has 0 aromatic rings. The molecule has 0 aliphatic heterocycles. The maximum Gasteiger partial charge on any atom is 0.202 e. The highest BCUT2D eigenvalue weighted by molar-refractivity contribution is 7.99. The van der Waals surface area contributed by atoms with Crippen molar-refractivity contribution in [2.75, 3.05) is 6.26 Å². The molecule has 0 N–H and O–H groups in total. The molecule has 0 saturated heterocycles. The number of halogens is 3. The van der Waals surface area contributed by atoms with E-state index in [1.165, 1.54) is 57.8 Å². The van der Waals surface area contributed by atoms with Gasteiger partial charge >= 0.3 is 0 Å². The van der Waals surface area contributed by atoms with E-state index in [-0.39, 0.29) is 5.25 Å². The standard InChI is InChI=1S/C16H31Cl3S/c1-4-5-6-7-8-9-10-11-12-13-14(2)15(20-3)16(17,18)19/h14-15H,4-13H2,1-3H3. The molecule has 0 radical (unpaired) electrons. The number of alkyl halides is 3. The Bertz CT molecular complexity index is 216. The summed E-state index contributed by atoms with van der Waals surface area (Å²) in [7, 11) is 0. The van der Waals surface area contributed by atoms with Gasteiger partial charge in [0.15, 0.2) is 0 Å². The topological polar surface area (TPSA) is 0 Å². The molecule has 0 aromatic heterocycles. The fourth-order valence-electron chi connectivity index (χ4n) is 2.62. The molecule has 122 valence electrons. The van der Waals surface area contributed by atoms with Gasteiger partial charge < -0.3 is 0 Å². The first kappa shape index (κ1) is 21.2. The van der Waals surface area contributed by atoms with E-state index in [4.69, 9.17) is 34.8 Å². The molecule has 0 bridgehead atoms. The molecule has 0 aliphatic carbocycles. The summed E-state index contributed by atoms with van der Waals surface area (Å²) < 4.78 is -1.14. The number of hydrogen-bond acceptors (Lipinski definition) is 1. The molecule has 2 atom stereocenters. The lowest BCUT2D eigenvalue weighted by Crippen LogP contribution is -2.28. The van der Waals surface area contributed by atoms with E-state index >= 15 is 0 Å². The Morgan fingerprint density at radius 2 is 1.30 bits per heavy atom. The maximum atomic E-state index is 6.03. The molecule has 2 unspecified atom stereocenters. The fourth-order valence-corrected chi connectivity index (χ4v) is 4.93. The summed E-state index contributed by atoms with van der Waals surface area (Å²) in [6.45, 7) is 4.47. The first-order valence-electron chi connectivity index (χ1n) is 8.03. The molecule has 0 aliphatic rings. The fraction of sp³-hybridized carbons (Fsp3) is 1.00. The molecule has 0 saturated carbocycles. The molecule has 0 heterocycles. The van der Waals surface area contributed by atoms with Crippen molar-refractivity contribution < 1.29 is 0 Å². The summed E-state index contributed by atoms with van der Waals surface area (Å²) >= 11 is 19.8. The van der Waals surface area contributed by atoms with E-state index in [2.05, 4.69) is 13.8 Å². The molecule has 0 aromatic carbocycles. The summed E-state index contributed by atoms with van der Waals surface area (Å²) in [4.78, 5) is 0. The Balaban J connectivity index is 3.54. The molecule has 0 nitrogen and oxygen atoms in total. The van der Waals surface area contributed by atoms with Gasteiger partial charge in [0.2, 0.25) is 3.79 Å². The second-order valence-electron chi connectivity index (χ2n) is 5.79. The second-order valence-corrected chi connectivity index (χ2v) is 9.14. The van der Waals surface area contributed by atoms with Gasteiger partial charge in [0.1, 0.15) is 0 Å². The van der Waals surface area contributed by atoms with Crippen LogP contribution in [0.2, 0.25) is 0 Å². The second kappa shape index (κ2) is 12.7. The van der Waals surface area contributed by atoms with Crippen LogP contribution in [0.5, 0.6) is 0 Å². The molecule has 20 heavy (non-hydrogen) atoms. The highest BCUT2D eigenvalue weighted by atomic mass is 35.6. The van der Waals surface area contributed by atoms with E-state index in [0.29, 0.717) is 5.92 Å². The van der Waals surface area contributed by atoms with Crippen LogP contribution in [-0.4, -0.2) is 15.3 Å². The Kier molecular flexibility index (Phi) is 13.5. The lowest BCUT2D eigenvalue weighted by atomic mass is 9.99. The Morgan fingerprint density at radius 1 is 0.850 bits per heavy atom. The van der Waals surface area contributed by atoms with E-state index in [9.17, 15) is 0 Å². The molecule has 0 spiro atoms. The first-order valence-corrected chi connectivity index (χ1v) is 10.4. The summed E-state index contributed by atoms with van der Waals surface area (Å²) in [5.74, 6) is 0.460. The van der Waals surface area contributed by atoms with Crippen molar-refractivity contribution in [1.29, 1.82) is 0 Å². The molecular formula is C16H31Cl3S. The maximum absolute atomic E-state index is 6.03. The summed E-state index contributed by atoms with van der Waals surface area (Å²) in [6.07, 6.45) is 15.4. The smallest absolute Gasteiger partial charge is 0.157 e. The van der Waals surface area contributed by atoms with Crippen LogP contribution in [0.4, 0.5) is 0 Å². The highest BCUT2D eigenvalue weighted by Gasteiger charge is 2.35. The summed E-state index contributed by atoms with van der Waals surface area (Å²) in [6, 6.07) is 0. The van der Waals surface area contributed by atoms with E-state index in [0.717, 1.165) is 6.42 Å². The van der Waals surface area contributed by atoms with Crippen LogP contribution in [0, 0.1) is 5.92 Å². The Labute approximate surface area is 145 Å². The van der Waals surface area contributed by atoms with Crippen molar-refractivity contribution in [1.82, 2.24) is 0 Å². The van der Waals surface area contributed by atoms with Crippen molar-refractivity contribution in [3.8, 4) is 0 Å². The van der Waals surface area contributed by atoms with Crippen molar-refractivity contribution in [3.05, 3.63) is 0 Å². The van der Waals surface area contributed by atoms with Gasteiger partial charge in [0.25, 0.3) is 0 Å². The minimum Gasteiger partial charge on any atom is -0.157 e. The van der Waals surface area contributed by atoms with Crippen LogP contribution in [0.3, 0.4) is 0 Å². The molecule has 4 heteroatoms. The Morgan fingerprint density at radius 3 is 1.70 bits per heavy atom. The van der Waals surface area contributed by atoms with Crippen molar-refractivity contribution in [3.63, 3.8) is 0 Å². The van der Waals surface area contributed by atoms with Gasteiger partial charge in [-0.3, -0.25) is 0 Å².